The van der Waals surface area contributed by atoms with Crippen LogP contribution in [0.1, 0.15) is 18.9 Å². The van der Waals surface area contributed by atoms with Gasteiger partial charge in [0, 0.05) is 51.4 Å². The number of likely N-dealkylation sites (tertiary alicyclic amines) is 2. The second kappa shape index (κ2) is 5.88. The summed E-state index contributed by atoms with van der Waals surface area (Å²) in [6.07, 6.45) is 1.39. The lowest BCUT2D eigenvalue weighted by Gasteiger charge is -2.21. The molecule has 0 radical (unpaired) electrons. The fraction of sp³-hybridized carbons (Fsp3) is 0.529. The van der Waals surface area contributed by atoms with Crippen molar-refractivity contribution in [1.29, 1.82) is 0 Å². The Morgan fingerprint density at radius 1 is 1.00 bits per heavy atom. The van der Waals surface area contributed by atoms with Gasteiger partial charge in [-0.2, -0.15) is 0 Å². The molecule has 112 valence electrons. The SMILES string of the molecule is CC(=O)N1C[C@@H]2CN(C(=O)CCc3ccccc3)C[C@H]2C1. The lowest BCUT2D eigenvalue weighted by atomic mass is 10.0. The van der Waals surface area contributed by atoms with E-state index in [4.69, 9.17) is 0 Å². The third kappa shape index (κ3) is 3.09. The number of rotatable bonds is 3. The zero-order valence-corrected chi connectivity index (χ0v) is 12.5. The summed E-state index contributed by atoms with van der Waals surface area (Å²) in [4.78, 5) is 27.6. The Morgan fingerprint density at radius 2 is 1.57 bits per heavy atom. The Labute approximate surface area is 125 Å². The topological polar surface area (TPSA) is 40.6 Å². The monoisotopic (exact) mass is 286 g/mol. The molecule has 2 atom stereocenters. The summed E-state index contributed by atoms with van der Waals surface area (Å²) in [7, 11) is 0. The Morgan fingerprint density at radius 3 is 2.14 bits per heavy atom. The molecule has 0 spiro atoms. The van der Waals surface area contributed by atoms with Gasteiger partial charge in [0.2, 0.25) is 11.8 Å². The predicted octanol–water partition coefficient (Wildman–Crippen LogP) is 1.56. The van der Waals surface area contributed by atoms with E-state index in [0.717, 1.165) is 32.6 Å². The minimum Gasteiger partial charge on any atom is -0.342 e. The van der Waals surface area contributed by atoms with Crippen LogP contribution in [-0.4, -0.2) is 47.8 Å². The van der Waals surface area contributed by atoms with E-state index in [-0.39, 0.29) is 11.8 Å². The third-order valence-corrected chi connectivity index (χ3v) is 4.75. The summed E-state index contributed by atoms with van der Waals surface area (Å²) in [6, 6.07) is 10.1. The first kappa shape index (κ1) is 14.1. The van der Waals surface area contributed by atoms with E-state index in [1.165, 1.54) is 5.56 Å². The minimum atomic E-state index is 0.159. The predicted molar refractivity (Wildman–Crippen MR) is 80.6 cm³/mol. The van der Waals surface area contributed by atoms with Gasteiger partial charge in [-0.3, -0.25) is 9.59 Å². The van der Waals surface area contributed by atoms with E-state index < -0.39 is 0 Å². The summed E-state index contributed by atoms with van der Waals surface area (Å²) < 4.78 is 0. The molecule has 0 unspecified atom stereocenters. The quantitative estimate of drug-likeness (QED) is 0.846. The van der Waals surface area contributed by atoms with Crippen LogP contribution >= 0.6 is 0 Å². The van der Waals surface area contributed by atoms with E-state index in [9.17, 15) is 9.59 Å². The van der Waals surface area contributed by atoms with Gasteiger partial charge in [-0.25, -0.2) is 0 Å². The molecule has 2 amide bonds. The molecule has 2 fully saturated rings. The van der Waals surface area contributed by atoms with Crippen molar-refractivity contribution in [3.8, 4) is 0 Å². The Balaban J connectivity index is 1.49. The van der Waals surface area contributed by atoms with Crippen molar-refractivity contribution in [3.63, 3.8) is 0 Å². The van der Waals surface area contributed by atoms with Crippen LogP contribution in [0.2, 0.25) is 0 Å². The van der Waals surface area contributed by atoms with Crippen molar-refractivity contribution in [2.24, 2.45) is 11.8 Å². The van der Waals surface area contributed by atoms with Gasteiger partial charge in [-0.1, -0.05) is 30.3 Å². The molecule has 1 aromatic carbocycles. The van der Waals surface area contributed by atoms with Crippen LogP contribution in [0.3, 0.4) is 0 Å². The molecule has 0 aliphatic carbocycles. The fourth-order valence-electron chi connectivity index (χ4n) is 3.51. The molecule has 4 nitrogen and oxygen atoms in total. The fourth-order valence-corrected chi connectivity index (χ4v) is 3.51. The smallest absolute Gasteiger partial charge is 0.222 e. The molecule has 0 bridgehead atoms. The second-order valence-corrected chi connectivity index (χ2v) is 6.23. The van der Waals surface area contributed by atoms with Crippen LogP contribution in [0.4, 0.5) is 0 Å². The molecule has 0 saturated carbocycles. The molecule has 21 heavy (non-hydrogen) atoms. The first-order valence-corrected chi connectivity index (χ1v) is 7.70. The molecule has 0 N–H and O–H groups in total. The number of hydrogen-bond acceptors (Lipinski definition) is 2. The Hall–Kier alpha value is -1.84. The lowest BCUT2D eigenvalue weighted by molar-refractivity contribution is -0.130. The minimum absolute atomic E-state index is 0.159. The average Bonchev–Trinajstić information content (AvgIpc) is 3.04. The number of hydrogen-bond donors (Lipinski definition) is 0. The number of fused-ring (bicyclic) bond motifs is 1. The van der Waals surface area contributed by atoms with Crippen molar-refractivity contribution in [2.75, 3.05) is 26.2 Å². The molecule has 0 aromatic heterocycles. The highest BCUT2D eigenvalue weighted by Crippen LogP contribution is 2.31. The number of carbonyl (C=O) groups excluding carboxylic acids is 2. The van der Waals surface area contributed by atoms with E-state index >= 15 is 0 Å². The Bertz CT molecular complexity index is 515. The van der Waals surface area contributed by atoms with Gasteiger partial charge in [0.25, 0.3) is 0 Å². The van der Waals surface area contributed by atoms with Crippen molar-refractivity contribution in [2.45, 2.75) is 19.8 Å². The number of benzene rings is 1. The summed E-state index contributed by atoms with van der Waals surface area (Å²) in [5.74, 6) is 1.37. The van der Waals surface area contributed by atoms with E-state index in [1.54, 1.807) is 6.92 Å². The van der Waals surface area contributed by atoms with Gasteiger partial charge in [0.05, 0.1) is 0 Å². The molecule has 4 heteroatoms. The largest absolute Gasteiger partial charge is 0.342 e. The highest BCUT2D eigenvalue weighted by Gasteiger charge is 2.41. The van der Waals surface area contributed by atoms with Gasteiger partial charge in [-0.15, -0.1) is 0 Å². The first-order valence-electron chi connectivity index (χ1n) is 7.70. The van der Waals surface area contributed by atoms with Crippen LogP contribution in [0.5, 0.6) is 0 Å². The maximum Gasteiger partial charge on any atom is 0.222 e. The summed E-state index contributed by atoms with van der Waals surface area (Å²) in [5, 5.41) is 0. The normalized spacial score (nSPS) is 24.2. The number of aryl methyl sites for hydroxylation is 1. The molecular formula is C17H22N2O2. The van der Waals surface area contributed by atoms with E-state index in [1.807, 2.05) is 28.0 Å². The standard InChI is InChI=1S/C17H22N2O2/c1-13(20)18-9-15-11-19(12-16(15)10-18)17(21)8-7-14-5-3-2-4-6-14/h2-6,15-16H,7-12H2,1H3/t15-,16-/m1/s1. The maximum atomic E-state index is 12.3. The van der Waals surface area contributed by atoms with Gasteiger partial charge >= 0.3 is 0 Å². The maximum absolute atomic E-state index is 12.3. The zero-order valence-electron chi connectivity index (χ0n) is 12.5. The van der Waals surface area contributed by atoms with Crippen LogP contribution in [0, 0.1) is 11.8 Å². The second-order valence-electron chi connectivity index (χ2n) is 6.23. The first-order chi connectivity index (χ1) is 10.1. The molecular weight excluding hydrogens is 264 g/mol. The molecule has 2 aliphatic heterocycles. The van der Waals surface area contributed by atoms with Crippen molar-refractivity contribution >= 4 is 11.8 Å². The summed E-state index contributed by atoms with van der Waals surface area (Å²) in [5.41, 5.74) is 1.22. The lowest BCUT2D eigenvalue weighted by Crippen LogP contribution is -2.34. The van der Waals surface area contributed by atoms with Gasteiger partial charge in [0.1, 0.15) is 0 Å². The van der Waals surface area contributed by atoms with Gasteiger partial charge < -0.3 is 9.80 Å². The molecule has 2 aliphatic rings. The molecule has 2 heterocycles. The molecule has 2 saturated heterocycles. The van der Waals surface area contributed by atoms with Gasteiger partial charge in [-0.05, 0) is 12.0 Å². The number of nitrogens with zero attached hydrogens (tertiary/aromatic N) is 2. The van der Waals surface area contributed by atoms with E-state index in [2.05, 4.69) is 12.1 Å². The van der Waals surface area contributed by atoms with Crippen LogP contribution < -0.4 is 0 Å². The highest BCUT2D eigenvalue weighted by atomic mass is 16.2. The molecule has 3 rings (SSSR count). The molecule has 1 aromatic rings. The van der Waals surface area contributed by atoms with Crippen LogP contribution in [0.15, 0.2) is 30.3 Å². The number of carbonyl (C=O) groups is 2. The Kier molecular flexibility index (Phi) is 3.95. The van der Waals surface area contributed by atoms with Gasteiger partial charge in [0.15, 0.2) is 0 Å². The van der Waals surface area contributed by atoms with Crippen LogP contribution in [0.25, 0.3) is 0 Å². The summed E-state index contributed by atoms with van der Waals surface area (Å²) >= 11 is 0. The average molecular weight is 286 g/mol. The third-order valence-electron chi connectivity index (χ3n) is 4.75. The number of amides is 2. The highest BCUT2D eigenvalue weighted by molar-refractivity contribution is 5.77. The van der Waals surface area contributed by atoms with E-state index in [0.29, 0.717) is 18.3 Å². The zero-order chi connectivity index (χ0) is 14.8. The van der Waals surface area contributed by atoms with Crippen LogP contribution in [-0.2, 0) is 16.0 Å². The van der Waals surface area contributed by atoms with Crippen molar-refractivity contribution in [3.05, 3.63) is 35.9 Å². The van der Waals surface area contributed by atoms with Crippen molar-refractivity contribution < 1.29 is 9.59 Å². The summed E-state index contributed by atoms with van der Waals surface area (Å²) in [6.45, 7) is 4.92. The van der Waals surface area contributed by atoms with Crippen molar-refractivity contribution in [1.82, 2.24) is 9.80 Å².